The van der Waals surface area contributed by atoms with Crippen molar-refractivity contribution in [3.63, 3.8) is 0 Å². The fourth-order valence-electron chi connectivity index (χ4n) is 3.23. The first-order valence-electron chi connectivity index (χ1n) is 8.47. The number of nitrogens with one attached hydrogen (secondary N) is 1. The summed E-state index contributed by atoms with van der Waals surface area (Å²) in [4.78, 5) is 16.2. The molecular weight excluding hydrogens is 316 g/mol. The lowest BCUT2D eigenvalue weighted by Gasteiger charge is -2.18. The van der Waals surface area contributed by atoms with Crippen molar-refractivity contribution in [2.75, 3.05) is 7.11 Å². The van der Waals surface area contributed by atoms with E-state index in [0.29, 0.717) is 5.56 Å². The van der Waals surface area contributed by atoms with Gasteiger partial charge in [0.15, 0.2) is 11.5 Å². The second-order valence-electron chi connectivity index (χ2n) is 7.14. The van der Waals surface area contributed by atoms with Crippen LogP contribution in [0.1, 0.15) is 42.3 Å². The van der Waals surface area contributed by atoms with Gasteiger partial charge in [0.25, 0.3) is 5.91 Å². The summed E-state index contributed by atoms with van der Waals surface area (Å²) >= 11 is 0. The summed E-state index contributed by atoms with van der Waals surface area (Å²) in [6.07, 6.45) is 4.81. The van der Waals surface area contributed by atoms with E-state index >= 15 is 0 Å². The molecule has 2 aromatic rings. The molecule has 0 saturated carbocycles. The topological polar surface area (TPSA) is 60.5 Å². The van der Waals surface area contributed by atoms with Crippen LogP contribution in [-0.4, -0.2) is 29.6 Å². The average Bonchev–Trinajstić information content (AvgIpc) is 2.88. The molecular formula is C20H24N2O3. The highest BCUT2D eigenvalue weighted by atomic mass is 16.5. The lowest BCUT2D eigenvalue weighted by Crippen LogP contribution is -2.34. The molecule has 0 radical (unpaired) electrons. The largest absolute Gasteiger partial charge is 0.493 e. The Hall–Kier alpha value is -2.56. The normalized spacial score (nSPS) is 15.8. The van der Waals surface area contributed by atoms with Gasteiger partial charge >= 0.3 is 0 Å². The van der Waals surface area contributed by atoms with E-state index in [1.165, 1.54) is 0 Å². The zero-order valence-electron chi connectivity index (χ0n) is 15.1. The van der Waals surface area contributed by atoms with Crippen LogP contribution in [0, 0.1) is 0 Å². The molecule has 1 amide bonds. The molecule has 25 heavy (non-hydrogen) atoms. The SMILES string of the molecule is COc1cc(CC(C)NC(=O)c2ccncc2)cc2c1OC(C)(C)C2. The molecule has 0 aliphatic carbocycles. The molecule has 1 unspecified atom stereocenters. The van der Waals surface area contributed by atoms with E-state index in [2.05, 4.69) is 30.2 Å². The van der Waals surface area contributed by atoms with Gasteiger partial charge in [0, 0.05) is 36.0 Å². The third-order valence-corrected chi connectivity index (χ3v) is 4.27. The lowest BCUT2D eigenvalue weighted by atomic mass is 9.97. The number of amides is 1. The molecule has 1 atom stereocenters. The van der Waals surface area contributed by atoms with Crippen LogP contribution >= 0.6 is 0 Å². The number of ether oxygens (including phenoxy) is 2. The van der Waals surface area contributed by atoms with Crippen molar-refractivity contribution in [2.45, 2.75) is 45.3 Å². The first-order valence-corrected chi connectivity index (χ1v) is 8.47. The fraction of sp³-hybridized carbons (Fsp3) is 0.400. The van der Waals surface area contributed by atoms with Gasteiger partial charge in [0.2, 0.25) is 0 Å². The second kappa shape index (κ2) is 6.75. The van der Waals surface area contributed by atoms with E-state index in [0.717, 1.165) is 35.5 Å². The monoisotopic (exact) mass is 340 g/mol. The Labute approximate surface area is 148 Å². The summed E-state index contributed by atoms with van der Waals surface area (Å²) in [6, 6.07) is 7.57. The van der Waals surface area contributed by atoms with Crippen LogP contribution in [0.2, 0.25) is 0 Å². The third kappa shape index (κ3) is 3.92. The van der Waals surface area contributed by atoms with Gasteiger partial charge in [-0.3, -0.25) is 9.78 Å². The third-order valence-electron chi connectivity index (χ3n) is 4.27. The van der Waals surface area contributed by atoms with E-state index < -0.39 is 0 Å². The van der Waals surface area contributed by atoms with Crippen molar-refractivity contribution < 1.29 is 14.3 Å². The van der Waals surface area contributed by atoms with Crippen LogP contribution < -0.4 is 14.8 Å². The van der Waals surface area contributed by atoms with Gasteiger partial charge in [0.05, 0.1) is 7.11 Å². The van der Waals surface area contributed by atoms with Crippen molar-refractivity contribution in [1.29, 1.82) is 0 Å². The summed E-state index contributed by atoms with van der Waals surface area (Å²) in [5.74, 6) is 1.50. The zero-order chi connectivity index (χ0) is 18.0. The predicted molar refractivity (Wildman–Crippen MR) is 96.3 cm³/mol. The van der Waals surface area contributed by atoms with Crippen molar-refractivity contribution in [2.24, 2.45) is 0 Å². The highest BCUT2D eigenvalue weighted by molar-refractivity contribution is 5.94. The number of carbonyl (C=O) groups excluding carboxylic acids is 1. The number of carbonyl (C=O) groups is 1. The highest BCUT2D eigenvalue weighted by Crippen LogP contribution is 2.42. The van der Waals surface area contributed by atoms with Gasteiger partial charge in [-0.1, -0.05) is 6.07 Å². The molecule has 0 spiro atoms. The Morgan fingerprint density at radius 2 is 2.08 bits per heavy atom. The van der Waals surface area contributed by atoms with Crippen LogP contribution in [0.15, 0.2) is 36.7 Å². The Kier molecular flexibility index (Phi) is 4.66. The van der Waals surface area contributed by atoms with Crippen molar-refractivity contribution >= 4 is 5.91 Å². The zero-order valence-corrected chi connectivity index (χ0v) is 15.1. The Bertz CT molecular complexity index is 772. The van der Waals surface area contributed by atoms with E-state index in [9.17, 15) is 4.79 Å². The molecule has 0 saturated heterocycles. The highest BCUT2D eigenvalue weighted by Gasteiger charge is 2.33. The van der Waals surface area contributed by atoms with E-state index in [4.69, 9.17) is 9.47 Å². The number of pyridine rings is 1. The second-order valence-corrected chi connectivity index (χ2v) is 7.14. The summed E-state index contributed by atoms with van der Waals surface area (Å²) in [5.41, 5.74) is 2.69. The van der Waals surface area contributed by atoms with Crippen LogP contribution in [-0.2, 0) is 12.8 Å². The summed E-state index contributed by atoms with van der Waals surface area (Å²) in [6.45, 7) is 6.15. The standard InChI is InChI=1S/C20H24N2O3/c1-13(22-19(23)15-5-7-21-8-6-15)9-14-10-16-12-20(2,3)25-18(16)17(11-14)24-4/h5-8,10-11,13H,9,12H2,1-4H3,(H,22,23). The minimum Gasteiger partial charge on any atom is -0.493 e. The number of hydrogen-bond acceptors (Lipinski definition) is 4. The van der Waals surface area contributed by atoms with Gasteiger partial charge in [-0.15, -0.1) is 0 Å². The lowest BCUT2D eigenvalue weighted by molar-refractivity contribution is 0.0940. The number of benzene rings is 1. The molecule has 0 bridgehead atoms. The quantitative estimate of drug-likeness (QED) is 0.908. The number of nitrogens with zero attached hydrogens (tertiary/aromatic N) is 1. The van der Waals surface area contributed by atoms with Crippen LogP contribution in [0.5, 0.6) is 11.5 Å². The molecule has 0 fully saturated rings. The number of fused-ring (bicyclic) bond motifs is 1. The number of rotatable bonds is 5. The molecule has 2 heterocycles. The minimum atomic E-state index is -0.213. The average molecular weight is 340 g/mol. The van der Waals surface area contributed by atoms with Crippen LogP contribution in [0.4, 0.5) is 0 Å². The summed E-state index contributed by atoms with van der Waals surface area (Å²) in [7, 11) is 1.66. The Balaban J connectivity index is 1.72. The first-order chi connectivity index (χ1) is 11.9. The van der Waals surface area contributed by atoms with Gasteiger partial charge in [0.1, 0.15) is 5.60 Å². The maximum absolute atomic E-state index is 12.3. The molecule has 3 rings (SSSR count). The molecule has 1 aromatic heterocycles. The van der Waals surface area contributed by atoms with Crippen LogP contribution in [0.25, 0.3) is 0 Å². The van der Waals surface area contributed by atoms with Crippen molar-refractivity contribution in [1.82, 2.24) is 10.3 Å². The summed E-state index contributed by atoms with van der Waals surface area (Å²) < 4.78 is 11.5. The maximum atomic E-state index is 12.3. The summed E-state index contributed by atoms with van der Waals surface area (Å²) in [5, 5.41) is 3.03. The molecule has 5 nitrogen and oxygen atoms in total. The van der Waals surface area contributed by atoms with Gasteiger partial charge in [-0.25, -0.2) is 0 Å². The van der Waals surface area contributed by atoms with Crippen molar-refractivity contribution in [3.05, 3.63) is 53.3 Å². The van der Waals surface area contributed by atoms with E-state index in [1.807, 2.05) is 13.0 Å². The molecule has 1 aliphatic heterocycles. The van der Waals surface area contributed by atoms with Crippen molar-refractivity contribution in [3.8, 4) is 11.5 Å². The first kappa shape index (κ1) is 17.3. The Morgan fingerprint density at radius 1 is 1.36 bits per heavy atom. The molecule has 1 N–H and O–H groups in total. The fourth-order valence-corrected chi connectivity index (χ4v) is 3.23. The van der Waals surface area contributed by atoms with Gasteiger partial charge in [-0.05, 0) is 51.0 Å². The van der Waals surface area contributed by atoms with Gasteiger partial charge < -0.3 is 14.8 Å². The molecule has 1 aliphatic rings. The minimum absolute atomic E-state index is 0.00115. The van der Waals surface area contributed by atoms with E-state index in [-0.39, 0.29) is 17.6 Å². The number of aromatic nitrogens is 1. The number of methoxy groups -OCH3 is 1. The van der Waals surface area contributed by atoms with Crippen LogP contribution in [0.3, 0.4) is 0 Å². The Morgan fingerprint density at radius 3 is 2.76 bits per heavy atom. The molecule has 1 aromatic carbocycles. The smallest absolute Gasteiger partial charge is 0.251 e. The van der Waals surface area contributed by atoms with Gasteiger partial charge in [-0.2, -0.15) is 0 Å². The molecule has 132 valence electrons. The molecule has 5 heteroatoms. The predicted octanol–water partition coefficient (Wildman–Crippen LogP) is 3.16. The van der Waals surface area contributed by atoms with E-state index in [1.54, 1.807) is 31.6 Å². The maximum Gasteiger partial charge on any atom is 0.251 e. The number of hydrogen-bond donors (Lipinski definition) is 1.